The Labute approximate surface area is 53.9 Å². The van der Waals surface area contributed by atoms with Crippen LogP contribution in [0.5, 0.6) is 0 Å². The molecule has 0 aliphatic rings. The molecule has 0 radical (unpaired) electrons. The summed E-state index contributed by atoms with van der Waals surface area (Å²) in [5.41, 5.74) is 0. The van der Waals surface area contributed by atoms with E-state index in [4.69, 9.17) is 10.2 Å². The first kappa shape index (κ1) is 8.27. The highest BCUT2D eigenvalue weighted by molar-refractivity contribution is 7.99. The number of hydrogen-bond acceptors (Lipinski definition) is 3. The third-order valence-electron chi connectivity index (χ3n) is 0.751. The molecule has 0 saturated heterocycles. The Morgan fingerprint density at radius 2 is 2.12 bits per heavy atom. The second kappa shape index (κ2) is 5.41. The van der Waals surface area contributed by atoms with E-state index in [1.165, 1.54) is 0 Å². The average Bonchev–Trinajstić information content (AvgIpc) is 1.83. The van der Waals surface area contributed by atoms with Gasteiger partial charge in [0.05, 0.1) is 13.2 Å². The van der Waals surface area contributed by atoms with Crippen molar-refractivity contribution in [1.82, 2.24) is 0 Å². The van der Waals surface area contributed by atoms with Gasteiger partial charge in [0.25, 0.3) is 0 Å². The van der Waals surface area contributed by atoms with E-state index in [0.717, 1.165) is 5.75 Å². The molecule has 0 aliphatic heterocycles. The zero-order valence-corrected chi connectivity index (χ0v) is 5.82. The van der Waals surface area contributed by atoms with Gasteiger partial charge in [0.2, 0.25) is 0 Å². The molecule has 50 valence electrons. The quantitative estimate of drug-likeness (QED) is 0.575. The molecule has 0 aromatic heterocycles. The Morgan fingerprint density at radius 3 is 2.50 bits per heavy atom. The van der Waals surface area contributed by atoms with E-state index in [1.54, 1.807) is 11.8 Å². The van der Waals surface area contributed by atoms with E-state index in [0.29, 0.717) is 0 Å². The summed E-state index contributed by atoms with van der Waals surface area (Å²) in [7, 11) is 0. The molecule has 0 bridgehead atoms. The maximum atomic E-state index is 8.46. The number of hydrogen-bond donors (Lipinski definition) is 2. The Hall–Kier alpha value is 0.270. The summed E-state index contributed by atoms with van der Waals surface area (Å²) in [5.74, 6) is 0.724. The van der Waals surface area contributed by atoms with E-state index in [1.807, 2.05) is 6.92 Å². The maximum Gasteiger partial charge on any atom is 0.0547 e. The molecule has 0 aromatic carbocycles. The minimum absolute atomic E-state index is 0.199. The standard InChI is InChI=1S/C5H12O2S/c1-5(4-7)8-3-2-6/h5-7H,2-4H2,1H3. The van der Waals surface area contributed by atoms with E-state index in [9.17, 15) is 0 Å². The second-order valence-electron chi connectivity index (χ2n) is 1.59. The maximum absolute atomic E-state index is 8.46. The van der Waals surface area contributed by atoms with Crippen molar-refractivity contribution >= 4 is 11.8 Å². The van der Waals surface area contributed by atoms with Crippen LogP contribution in [0.1, 0.15) is 6.92 Å². The Kier molecular flexibility index (Phi) is 5.59. The first-order chi connectivity index (χ1) is 3.81. The highest BCUT2D eigenvalue weighted by atomic mass is 32.2. The lowest BCUT2D eigenvalue weighted by atomic mass is 10.5. The molecular formula is C5H12O2S. The van der Waals surface area contributed by atoms with Crippen LogP contribution in [0.4, 0.5) is 0 Å². The summed E-state index contributed by atoms with van der Waals surface area (Å²) in [6.07, 6.45) is 0. The Balaban J connectivity index is 2.86. The third kappa shape index (κ3) is 4.43. The van der Waals surface area contributed by atoms with Crippen molar-refractivity contribution in [2.75, 3.05) is 19.0 Å². The van der Waals surface area contributed by atoms with Crippen LogP contribution in [0.3, 0.4) is 0 Å². The van der Waals surface area contributed by atoms with Gasteiger partial charge in [-0.25, -0.2) is 0 Å². The molecule has 1 unspecified atom stereocenters. The van der Waals surface area contributed by atoms with Crippen LogP contribution in [0.2, 0.25) is 0 Å². The topological polar surface area (TPSA) is 40.5 Å². The van der Waals surface area contributed by atoms with Crippen molar-refractivity contribution in [3.05, 3.63) is 0 Å². The minimum atomic E-state index is 0.199. The summed E-state index contributed by atoms with van der Waals surface area (Å²) in [4.78, 5) is 0. The average molecular weight is 136 g/mol. The predicted molar refractivity (Wildman–Crippen MR) is 36.1 cm³/mol. The molecule has 0 spiro atoms. The smallest absolute Gasteiger partial charge is 0.0547 e. The molecule has 8 heavy (non-hydrogen) atoms. The summed E-state index contributed by atoms with van der Waals surface area (Å²) >= 11 is 1.58. The van der Waals surface area contributed by atoms with Gasteiger partial charge >= 0.3 is 0 Å². The Morgan fingerprint density at radius 1 is 1.50 bits per heavy atom. The van der Waals surface area contributed by atoms with Crippen LogP contribution in [0.15, 0.2) is 0 Å². The van der Waals surface area contributed by atoms with Gasteiger partial charge in [0.15, 0.2) is 0 Å². The first-order valence-electron chi connectivity index (χ1n) is 2.64. The van der Waals surface area contributed by atoms with Crippen LogP contribution in [0.25, 0.3) is 0 Å². The molecule has 2 N–H and O–H groups in total. The van der Waals surface area contributed by atoms with E-state index < -0.39 is 0 Å². The zero-order valence-electron chi connectivity index (χ0n) is 5.00. The fourth-order valence-electron chi connectivity index (χ4n) is 0.307. The van der Waals surface area contributed by atoms with Gasteiger partial charge in [0, 0.05) is 11.0 Å². The summed E-state index contributed by atoms with van der Waals surface area (Å²) in [6.45, 7) is 2.33. The van der Waals surface area contributed by atoms with E-state index in [2.05, 4.69) is 0 Å². The van der Waals surface area contributed by atoms with Gasteiger partial charge in [-0.3, -0.25) is 0 Å². The van der Waals surface area contributed by atoms with Gasteiger partial charge in [-0.15, -0.1) is 0 Å². The number of aliphatic hydroxyl groups is 2. The minimum Gasteiger partial charge on any atom is -0.396 e. The summed E-state index contributed by atoms with van der Waals surface area (Å²) in [6, 6.07) is 0. The second-order valence-corrected chi connectivity index (χ2v) is 3.13. The largest absolute Gasteiger partial charge is 0.396 e. The molecule has 0 aliphatic carbocycles. The summed E-state index contributed by atoms with van der Waals surface area (Å²) < 4.78 is 0. The van der Waals surface area contributed by atoms with Crippen LogP contribution >= 0.6 is 11.8 Å². The SMILES string of the molecule is CC(CO)SCCO. The summed E-state index contributed by atoms with van der Waals surface area (Å²) in [5, 5.41) is 17.0. The van der Waals surface area contributed by atoms with Gasteiger partial charge in [-0.05, 0) is 0 Å². The highest BCUT2D eigenvalue weighted by Crippen LogP contribution is 2.06. The number of thioether (sulfide) groups is 1. The van der Waals surface area contributed by atoms with Crippen LogP contribution in [-0.2, 0) is 0 Å². The fraction of sp³-hybridized carbons (Fsp3) is 1.00. The molecular weight excluding hydrogens is 124 g/mol. The third-order valence-corrected chi connectivity index (χ3v) is 1.89. The van der Waals surface area contributed by atoms with Gasteiger partial charge in [-0.1, -0.05) is 6.92 Å². The van der Waals surface area contributed by atoms with Crippen molar-refractivity contribution < 1.29 is 10.2 Å². The van der Waals surface area contributed by atoms with Crippen molar-refractivity contribution in [1.29, 1.82) is 0 Å². The zero-order chi connectivity index (χ0) is 6.41. The Bertz CT molecular complexity index is 49.7. The van der Waals surface area contributed by atoms with Gasteiger partial charge in [0.1, 0.15) is 0 Å². The van der Waals surface area contributed by atoms with Crippen molar-refractivity contribution in [2.24, 2.45) is 0 Å². The van der Waals surface area contributed by atoms with E-state index >= 15 is 0 Å². The molecule has 3 heteroatoms. The van der Waals surface area contributed by atoms with Crippen molar-refractivity contribution in [3.63, 3.8) is 0 Å². The highest BCUT2D eigenvalue weighted by Gasteiger charge is 1.96. The first-order valence-corrected chi connectivity index (χ1v) is 3.69. The lowest BCUT2D eigenvalue weighted by molar-refractivity contribution is 0.298. The van der Waals surface area contributed by atoms with Crippen LogP contribution in [-0.4, -0.2) is 34.4 Å². The van der Waals surface area contributed by atoms with Gasteiger partial charge in [-0.2, -0.15) is 11.8 Å². The lowest BCUT2D eigenvalue weighted by Gasteiger charge is -2.03. The predicted octanol–water partition coefficient (Wildman–Crippen LogP) is 0.0927. The van der Waals surface area contributed by atoms with Crippen LogP contribution in [0, 0.1) is 0 Å². The van der Waals surface area contributed by atoms with Crippen molar-refractivity contribution in [2.45, 2.75) is 12.2 Å². The van der Waals surface area contributed by atoms with Crippen molar-refractivity contribution in [3.8, 4) is 0 Å². The molecule has 2 nitrogen and oxygen atoms in total. The molecule has 0 heterocycles. The number of rotatable bonds is 4. The number of aliphatic hydroxyl groups excluding tert-OH is 2. The lowest BCUT2D eigenvalue weighted by Crippen LogP contribution is -2.04. The molecule has 1 atom stereocenters. The van der Waals surface area contributed by atoms with Gasteiger partial charge < -0.3 is 10.2 Å². The normalized spacial score (nSPS) is 13.9. The molecule has 0 saturated carbocycles. The fourth-order valence-corrected chi connectivity index (χ4v) is 0.920. The van der Waals surface area contributed by atoms with E-state index in [-0.39, 0.29) is 18.5 Å². The molecule has 0 fully saturated rings. The molecule has 0 aromatic rings. The molecule has 0 rings (SSSR count). The molecule has 0 amide bonds. The van der Waals surface area contributed by atoms with Crippen LogP contribution < -0.4 is 0 Å². The monoisotopic (exact) mass is 136 g/mol.